The van der Waals surface area contributed by atoms with Crippen molar-refractivity contribution in [2.45, 2.75) is 0 Å². The maximum atomic E-state index is 14.1. The van der Waals surface area contributed by atoms with Crippen LogP contribution in [-0.4, -0.2) is 26.9 Å². The summed E-state index contributed by atoms with van der Waals surface area (Å²) in [4.78, 5) is 7.95. The van der Waals surface area contributed by atoms with Gasteiger partial charge in [0.25, 0.3) is 0 Å². The molecule has 5 nitrogen and oxygen atoms in total. The molecule has 0 radical (unpaired) electrons. The van der Waals surface area contributed by atoms with Gasteiger partial charge in [0.2, 0.25) is 5.28 Å². The number of halogens is 2. The van der Waals surface area contributed by atoms with Crippen LogP contribution < -0.4 is 4.74 Å². The Balaban J connectivity index is 2.26. The number of fused-ring (bicyclic) bond motifs is 1. The Morgan fingerprint density at radius 1 is 1.35 bits per heavy atom. The second-order valence-corrected chi connectivity index (χ2v) is 4.59. The molecule has 102 valence electrons. The van der Waals surface area contributed by atoms with Gasteiger partial charge in [-0.3, -0.25) is 4.68 Å². The molecule has 1 aromatic carbocycles. The number of methoxy groups -OCH3 is 1. The minimum absolute atomic E-state index is 0.0764. The highest BCUT2D eigenvalue weighted by Gasteiger charge is 2.14. The molecule has 7 heteroatoms. The fourth-order valence-corrected chi connectivity index (χ4v) is 2.19. The maximum Gasteiger partial charge on any atom is 0.223 e. The smallest absolute Gasteiger partial charge is 0.223 e. The fourth-order valence-electron chi connectivity index (χ4n) is 2.05. The Labute approximate surface area is 119 Å². The zero-order chi connectivity index (χ0) is 14.3. The Morgan fingerprint density at radius 3 is 2.90 bits per heavy atom. The molecule has 0 aliphatic heterocycles. The van der Waals surface area contributed by atoms with Gasteiger partial charge in [0.05, 0.1) is 13.3 Å². The second-order valence-electron chi connectivity index (χ2n) is 4.25. The summed E-state index contributed by atoms with van der Waals surface area (Å²) < 4.78 is 20.8. The Morgan fingerprint density at radius 2 is 2.15 bits per heavy atom. The maximum absolute atomic E-state index is 14.1. The number of aromatic nitrogens is 4. The van der Waals surface area contributed by atoms with Gasteiger partial charge in [-0.1, -0.05) is 0 Å². The first-order valence-electron chi connectivity index (χ1n) is 5.78. The third-order valence-corrected chi connectivity index (χ3v) is 3.08. The predicted molar refractivity (Wildman–Crippen MR) is 73.3 cm³/mol. The SMILES string of the molecule is COc1cnc(Cl)nc1-c1cc(F)c2nn(C)cc2c1. The lowest BCUT2D eigenvalue weighted by molar-refractivity contribution is 0.412. The van der Waals surface area contributed by atoms with Crippen molar-refractivity contribution in [3.63, 3.8) is 0 Å². The van der Waals surface area contributed by atoms with Crippen molar-refractivity contribution in [1.82, 2.24) is 19.7 Å². The van der Waals surface area contributed by atoms with Crippen LogP contribution in [0.3, 0.4) is 0 Å². The van der Waals surface area contributed by atoms with E-state index < -0.39 is 5.82 Å². The molecule has 0 amide bonds. The van der Waals surface area contributed by atoms with Gasteiger partial charge in [-0.15, -0.1) is 0 Å². The van der Waals surface area contributed by atoms with Crippen molar-refractivity contribution in [2.75, 3.05) is 7.11 Å². The van der Waals surface area contributed by atoms with Gasteiger partial charge in [0.15, 0.2) is 11.6 Å². The topological polar surface area (TPSA) is 52.8 Å². The number of nitrogens with zero attached hydrogens (tertiary/aromatic N) is 4. The van der Waals surface area contributed by atoms with E-state index in [1.54, 1.807) is 24.0 Å². The summed E-state index contributed by atoms with van der Waals surface area (Å²) >= 11 is 5.80. The van der Waals surface area contributed by atoms with Crippen LogP contribution in [0.2, 0.25) is 5.28 Å². The van der Waals surface area contributed by atoms with Crippen LogP contribution in [0, 0.1) is 5.82 Å². The van der Waals surface area contributed by atoms with Crippen molar-refractivity contribution >= 4 is 22.5 Å². The van der Waals surface area contributed by atoms with Gasteiger partial charge in [-0.05, 0) is 23.7 Å². The van der Waals surface area contributed by atoms with Gasteiger partial charge in [0.1, 0.15) is 11.2 Å². The molecule has 0 spiro atoms. The van der Waals surface area contributed by atoms with Crippen LogP contribution in [0.25, 0.3) is 22.2 Å². The van der Waals surface area contributed by atoms with Gasteiger partial charge in [-0.2, -0.15) is 5.10 Å². The summed E-state index contributed by atoms with van der Waals surface area (Å²) in [7, 11) is 3.23. The molecule has 2 heterocycles. The molecular weight excluding hydrogens is 283 g/mol. The van der Waals surface area contributed by atoms with E-state index in [9.17, 15) is 4.39 Å². The summed E-state index contributed by atoms with van der Waals surface area (Å²) in [6.07, 6.45) is 3.19. The second kappa shape index (κ2) is 4.72. The Kier molecular flexibility index (Phi) is 3.02. The first kappa shape index (κ1) is 12.8. The first-order chi connectivity index (χ1) is 9.58. The first-order valence-corrected chi connectivity index (χ1v) is 6.16. The van der Waals surface area contributed by atoms with E-state index in [0.29, 0.717) is 27.9 Å². The highest BCUT2D eigenvalue weighted by atomic mass is 35.5. The van der Waals surface area contributed by atoms with E-state index in [4.69, 9.17) is 16.3 Å². The van der Waals surface area contributed by atoms with Gasteiger partial charge >= 0.3 is 0 Å². The molecule has 3 aromatic rings. The standard InChI is InChI=1S/C13H10ClFN4O/c1-19-6-8-3-7(4-9(15)11(8)18-19)12-10(20-2)5-16-13(14)17-12/h3-6H,1-2H3. The molecule has 0 fully saturated rings. The molecule has 3 rings (SSSR count). The zero-order valence-electron chi connectivity index (χ0n) is 10.8. The highest BCUT2D eigenvalue weighted by molar-refractivity contribution is 6.28. The highest BCUT2D eigenvalue weighted by Crippen LogP contribution is 2.31. The van der Waals surface area contributed by atoms with Crippen LogP contribution in [0.1, 0.15) is 0 Å². The lowest BCUT2D eigenvalue weighted by atomic mass is 10.1. The van der Waals surface area contributed by atoms with Crippen molar-refractivity contribution in [3.8, 4) is 17.0 Å². The number of benzene rings is 1. The lowest BCUT2D eigenvalue weighted by Gasteiger charge is -2.07. The summed E-state index contributed by atoms with van der Waals surface area (Å²) in [6, 6.07) is 3.14. The molecule has 0 unspecified atom stereocenters. The van der Waals surface area contributed by atoms with E-state index in [1.807, 2.05) is 0 Å². The predicted octanol–water partition coefficient (Wildman–Crippen LogP) is 2.83. The molecule has 0 saturated heterocycles. The van der Waals surface area contributed by atoms with Gasteiger partial charge in [0, 0.05) is 24.2 Å². The van der Waals surface area contributed by atoms with E-state index in [2.05, 4.69) is 15.1 Å². The van der Waals surface area contributed by atoms with Gasteiger partial charge in [-0.25, -0.2) is 14.4 Å². The Hall–Kier alpha value is -2.21. The van der Waals surface area contributed by atoms with Crippen molar-refractivity contribution < 1.29 is 9.13 Å². The third kappa shape index (κ3) is 2.08. The zero-order valence-corrected chi connectivity index (χ0v) is 11.5. The Bertz CT molecular complexity index is 802. The molecule has 0 N–H and O–H groups in total. The number of aryl methyl sites for hydroxylation is 1. The van der Waals surface area contributed by atoms with Crippen molar-refractivity contribution in [2.24, 2.45) is 7.05 Å². The summed E-state index contributed by atoms with van der Waals surface area (Å²) in [5.74, 6) is 0.00641. The number of ether oxygens (including phenoxy) is 1. The van der Waals surface area contributed by atoms with E-state index in [1.165, 1.54) is 19.4 Å². The van der Waals surface area contributed by atoms with Gasteiger partial charge < -0.3 is 4.74 Å². The monoisotopic (exact) mass is 292 g/mol. The average Bonchev–Trinajstić information content (AvgIpc) is 2.79. The average molecular weight is 293 g/mol. The molecule has 0 bridgehead atoms. The number of hydrogen-bond acceptors (Lipinski definition) is 4. The number of hydrogen-bond donors (Lipinski definition) is 0. The molecular formula is C13H10ClFN4O. The normalized spacial score (nSPS) is 11.0. The van der Waals surface area contributed by atoms with Crippen LogP contribution in [0.15, 0.2) is 24.5 Å². The fraction of sp³-hybridized carbons (Fsp3) is 0.154. The van der Waals surface area contributed by atoms with E-state index in [-0.39, 0.29) is 5.28 Å². The van der Waals surface area contributed by atoms with E-state index >= 15 is 0 Å². The summed E-state index contributed by atoms with van der Waals surface area (Å²) in [5, 5.41) is 4.82. The number of rotatable bonds is 2. The molecule has 20 heavy (non-hydrogen) atoms. The van der Waals surface area contributed by atoms with E-state index in [0.717, 1.165) is 0 Å². The summed E-state index contributed by atoms with van der Waals surface area (Å²) in [6.45, 7) is 0. The lowest BCUT2D eigenvalue weighted by Crippen LogP contribution is -1.94. The molecule has 2 aromatic heterocycles. The molecule has 0 aliphatic carbocycles. The third-order valence-electron chi connectivity index (χ3n) is 2.90. The summed E-state index contributed by atoms with van der Waals surface area (Å²) in [5.41, 5.74) is 1.32. The van der Waals surface area contributed by atoms with Crippen LogP contribution in [-0.2, 0) is 7.05 Å². The molecule has 0 saturated carbocycles. The van der Waals surface area contributed by atoms with Crippen molar-refractivity contribution in [3.05, 3.63) is 35.6 Å². The minimum atomic E-state index is -0.421. The quantitative estimate of drug-likeness (QED) is 0.682. The largest absolute Gasteiger partial charge is 0.493 e. The molecule has 0 atom stereocenters. The van der Waals surface area contributed by atoms with Crippen LogP contribution in [0.5, 0.6) is 5.75 Å². The van der Waals surface area contributed by atoms with Crippen molar-refractivity contribution in [1.29, 1.82) is 0 Å². The minimum Gasteiger partial charge on any atom is -0.493 e. The molecule has 0 aliphatic rings. The van der Waals surface area contributed by atoms with Crippen LogP contribution >= 0.6 is 11.6 Å². The van der Waals surface area contributed by atoms with Crippen LogP contribution in [0.4, 0.5) is 4.39 Å².